The van der Waals surface area contributed by atoms with Crippen LogP contribution in [0.25, 0.3) is 4.96 Å². The van der Waals surface area contributed by atoms with Gasteiger partial charge in [-0.25, -0.2) is 14.3 Å². The van der Waals surface area contributed by atoms with Gasteiger partial charge in [-0.15, -0.1) is 0 Å². The van der Waals surface area contributed by atoms with Crippen molar-refractivity contribution in [1.29, 1.82) is 0 Å². The van der Waals surface area contributed by atoms with Gasteiger partial charge in [-0.05, 0) is 26.8 Å². The molecule has 0 bridgehead atoms. The quantitative estimate of drug-likeness (QED) is 0.765. The molecule has 0 aliphatic heterocycles. The van der Waals surface area contributed by atoms with Crippen LogP contribution in [0.1, 0.15) is 30.0 Å². The zero-order valence-corrected chi connectivity index (χ0v) is 15.0. The largest absolute Gasteiger partial charge is 0.330 e. The van der Waals surface area contributed by atoms with Crippen molar-refractivity contribution in [3.63, 3.8) is 0 Å². The molecule has 8 nitrogen and oxygen atoms in total. The van der Waals surface area contributed by atoms with E-state index in [2.05, 4.69) is 20.5 Å². The molecule has 128 valence electrons. The van der Waals surface area contributed by atoms with E-state index in [-0.39, 0.29) is 12.1 Å². The maximum Gasteiger partial charge on any atom is 0.317 e. The number of aryl methyl sites for hydroxylation is 2. The SMILES string of the molecule is Cc1cc(C)n(CCN(C)C(=O)N[C@@H](C)c2cn3ncsc3n2)n1. The maximum absolute atomic E-state index is 12.3. The van der Waals surface area contributed by atoms with Crippen LogP contribution in [0.4, 0.5) is 4.79 Å². The van der Waals surface area contributed by atoms with E-state index in [9.17, 15) is 4.79 Å². The molecule has 2 amide bonds. The van der Waals surface area contributed by atoms with Gasteiger partial charge in [0.2, 0.25) is 4.96 Å². The molecular formula is C15H21N7OS. The van der Waals surface area contributed by atoms with Crippen molar-refractivity contribution in [1.82, 2.24) is 34.6 Å². The Morgan fingerprint density at radius 3 is 2.92 bits per heavy atom. The predicted molar refractivity (Wildman–Crippen MR) is 92.1 cm³/mol. The lowest BCUT2D eigenvalue weighted by atomic mass is 10.2. The summed E-state index contributed by atoms with van der Waals surface area (Å²) < 4.78 is 3.63. The lowest BCUT2D eigenvalue weighted by Gasteiger charge is -2.20. The third kappa shape index (κ3) is 3.40. The van der Waals surface area contributed by atoms with Crippen LogP contribution < -0.4 is 5.32 Å². The van der Waals surface area contributed by atoms with Gasteiger partial charge < -0.3 is 10.2 Å². The Morgan fingerprint density at radius 1 is 1.46 bits per heavy atom. The monoisotopic (exact) mass is 347 g/mol. The Balaban J connectivity index is 1.55. The van der Waals surface area contributed by atoms with E-state index >= 15 is 0 Å². The van der Waals surface area contributed by atoms with Crippen molar-refractivity contribution in [3.8, 4) is 0 Å². The Kier molecular flexibility index (Phi) is 4.52. The Morgan fingerprint density at radius 2 is 2.25 bits per heavy atom. The van der Waals surface area contributed by atoms with Crippen molar-refractivity contribution in [2.24, 2.45) is 0 Å². The third-order valence-corrected chi connectivity index (χ3v) is 4.57. The standard InChI is InChI=1S/C15H21N7OS/c1-10-7-11(2)21(19-10)6-5-20(4)14(23)17-12(3)13-8-22-15(18-13)24-9-16-22/h7-9,12H,5-6H2,1-4H3,(H,17,23)/t12-/m0/s1. The normalized spacial score (nSPS) is 12.5. The summed E-state index contributed by atoms with van der Waals surface area (Å²) in [4.78, 5) is 19.3. The molecule has 0 spiro atoms. The molecule has 0 saturated heterocycles. The van der Waals surface area contributed by atoms with E-state index in [0.717, 1.165) is 22.0 Å². The van der Waals surface area contributed by atoms with Crippen LogP contribution in [0.15, 0.2) is 17.8 Å². The maximum atomic E-state index is 12.3. The van der Waals surface area contributed by atoms with E-state index in [1.54, 1.807) is 22.0 Å². The zero-order chi connectivity index (χ0) is 17.3. The van der Waals surface area contributed by atoms with Crippen molar-refractivity contribution in [2.75, 3.05) is 13.6 Å². The molecule has 0 saturated carbocycles. The number of hydrogen-bond acceptors (Lipinski definition) is 5. The molecule has 24 heavy (non-hydrogen) atoms. The van der Waals surface area contributed by atoms with Gasteiger partial charge >= 0.3 is 6.03 Å². The molecule has 9 heteroatoms. The zero-order valence-electron chi connectivity index (χ0n) is 14.2. The van der Waals surface area contributed by atoms with E-state index in [4.69, 9.17) is 0 Å². The molecule has 1 atom stereocenters. The van der Waals surface area contributed by atoms with Crippen LogP contribution in [0.5, 0.6) is 0 Å². The minimum atomic E-state index is -0.178. The van der Waals surface area contributed by atoms with Crippen LogP contribution in [0.3, 0.4) is 0 Å². The lowest BCUT2D eigenvalue weighted by molar-refractivity contribution is 0.203. The number of nitrogens with one attached hydrogen (secondary N) is 1. The highest BCUT2D eigenvalue weighted by Crippen LogP contribution is 2.15. The molecule has 0 radical (unpaired) electrons. The summed E-state index contributed by atoms with van der Waals surface area (Å²) in [6, 6.07) is 1.72. The molecule has 3 rings (SSSR count). The summed E-state index contributed by atoms with van der Waals surface area (Å²) in [5.74, 6) is 0. The highest BCUT2D eigenvalue weighted by molar-refractivity contribution is 7.14. The molecule has 3 aromatic heterocycles. The van der Waals surface area contributed by atoms with Gasteiger partial charge in [0.25, 0.3) is 0 Å². The molecule has 0 unspecified atom stereocenters. The third-order valence-electron chi connectivity index (χ3n) is 3.89. The summed E-state index contributed by atoms with van der Waals surface area (Å²) in [5.41, 5.74) is 4.62. The first-order chi connectivity index (χ1) is 11.4. The number of amides is 2. The number of rotatable bonds is 5. The first-order valence-corrected chi connectivity index (χ1v) is 8.63. The van der Waals surface area contributed by atoms with Gasteiger partial charge in [0.15, 0.2) is 0 Å². The van der Waals surface area contributed by atoms with Crippen LogP contribution in [0.2, 0.25) is 0 Å². The molecule has 3 heterocycles. The number of imidazole rings is 1. The number of likely N-dealkylation sites (N-methyl/N-ethyl adjacent to an activating group) is 1. The number of fused-ring (bicyclic) bond motifs is 1. The minimum absolute atomic E-state index is 0.131. The first kappa shape index (κ1) is 16.4. The van der Waals surface area contributed by atoms with Crippen LogP contribution in [-0.4, -0.2) is 48.9 Å². The number of hydrogen-bond donors (Lipinski definition) is 1. The second-order valence-electron chi connectivity index (χ2n) is 5.87. The minimum Gasteiger partial charge on any atom is -0.330 e. The molecule has 0 aromatic carbocycles. The molecule has 1 N–H and O–H groups in total. The molecular weight excluding hydrogens is 326 g/mol. The van der Waals surface area contributed by atoms with Crippen molar-refractivity contribution in [2.45, 2.75) is 33.4 Å². The number of nitrogens with zero attached hydrogens (tertiary/aromatic N) is 6. The molecule has 3 aromatic rings. The van der Waals surface area contributed by atoms with Crippen LogP contribution in [0, 0.1) is 13.8 Å². The molecule has 0 aliphatic carbocycles. The van der Waals surface area contributed by atoms with Crippen LogP contribution >= 0.6 is 11.3 Å². The van der Waals surface area contributed by atoms with Crippen molar-refractivity contribution < 1.29 is 4.79 Å². The smallest absolute Gasteiger partial charge is 0.317 e. The average molecular weight is 347 g/mol. The number of aromatic nitrogens is 5. The second kappa shape index (κ2) is 6.60. The molecule has 0 fully saturated rings. The number of carbonyl (C=O) groups is 1. The van der Waals surface area contributed by atoms with Gasteiger partial charge in [-0.1, -0.05) is 11.3 Å². The summed E-state index contributed by atoms with van der Waals surface area (Å²) in [7, 11) is 1.78. The number of carbonyl (C=O) groups excluding carboxylic acids is 1. The fourth-order valence-corrected chi connectivity index (χ4v) is 3.09. The summed E-state index contributed by atoms with van der Waals surface area (Å²) in [6.07, 6.45) is 1.84. The van der Waals surface area contributed by atoms with Gasteiger partial charge in [0.1, 0.15) is 5.51 Å². The summed E-state index contributed by atoms with van der Waals surface area (Å²) >= 11 is 1.47. The van der Waals surface area contributed by atoms with E-state index in [1.807, 2.05) is 37.7 Å². The Labute approximate surface area is 144 Å². The molecule has 0 aliphatic rings. The van der Waals surface area contributed by atoms with E-state index in [0.29, 0.717) is 13.1 Å². The average Bonchev–Trinajstić information content (AvgIpc) is 3.19. The van der Waals surface area contributed by atoms with Gasteiger partial charge in [-0.2, -0.15) is 10.2 Å². The first-order valence-electron chi connectivity index (χ1n) is 7.75. The summed E-state index contributed by atoms with van der Waals surface area (Å²) in [5, 5.41) is 11.5. The van der Waals surface area contributed by atoms with Gasteiger partial charge in [0, 0.05) is 19.3 Å². The lowest BCUT2D eigenvalue weighted by Crippen LogP contribution is -2.40. The highest BCUT2D eigenvalue weighted by atomic mass is 32.1. The van der Waals surface area contributed by atoms with E-state index in [1.165, 1.54) is 11.3 Å². The van der Waals surface area contributed by atoms with E-state index < -0.39 is 0 Å². The summed E-state index contributed by atoms with van der Waals surface area (Å²) in [6.45, 7) is 7.15. The Bertz CT molecular complexity index is 821. The van der Waals surface area contributed by atoms with Crippen LogP contribution in [-0.2, 0) is 6.54 Å². The number of urea groups is 1. The van der Waals surface area contributed by atoms with Gasteiger partial charge in [0.05, 0.1) is 30.2 Å². The second-order valence-corrected chi connectivity index (χ2v) is 6.69. The fraction of sp³-hybridized carbons (Fsp3) is 0.467. The topological polar surface area (TPSA) is 80.4 Å². The van der Waals surface area contributed by atoms with Crippen molar-refractivity contribution >= 4 is 22.3 Å². The van der Waals surface area contributed by atoms with Gasteiger partial charge in [-0.3, -0.25) is 4.68 Å². The predicted octanol–water partition coefficient (Wildman–Crippen LogP) is 2.01. The Hall–Kier alpha value is -2.42. The highest BCUT2D eigenvalue weighted by Gasteiger charge is 2.16. The van der Waals surface area contributed by atoms with Crippen molar-refractivity contribution in [3.05, 3.63) is 34.9 Å². The fourth-order valence-electron chi connectivity index (χ4n) is 2.48.